The second-order valence-electron chi connectivity index (χ2n) is 5.46. The predicted octanol–water partition coefficient (Wildman–Crippen LogP) is 2.51. The van der Waals surface area contributed by atoms with Gasteiger partial charge in [-0.05, 0) is 45.9 Å². The van der Waals surface area contributed by atoms with Gasteiger partial charge in [0.05, 0.1) is 12.0 Å². The number of rotatable bonds is 2. The molecule has 0 fully saturated rings. The van der Waals surface area contributed by atoms with Crippen LogP contribution in [0.1, 0.15) is 44.5 Å². The third-order valence-corrected chi connectivity index (χ3v) is 2.61. The topological polar surface area (TPSA) is 49.4 Å². The molecule has 0 heterocycles. The molecule has 4 nitrogen and oxygen atoms in total. The third-order valence-electron chi connectivity index (χ3n) is 2.61. The first-order chi connectivity index (χ1) is 9.75. The minimum absolute atomic E-state index is 0.000485. The molecule has 0 aliphatic carbocycles. The van der Waals surface area contributed by atoms with E-state index in [9.17, 15) is 14.0 Å². The number of halogens is 1. The van der Waals surface area contributed by atoms with E-state index in [4.69, 9.17) is 0 Å². The minimum Gasteiger partial charge on any atom is -0.272 e. The fourth-order valence-corrected chi connectivity index (χ4v) is 1.61. The zero-order valence-electron chi connectivity index (χ0n) is 12.7. The van der Waals surface area contributed by atoms with Gasteiger partial charge in [-0.15, -0.1) is 5.92 Å². The Morgan fingerprint density at radius 2 is 2.00 bits per heavy atom. The van der Waals surface area contributed by atoms with Crippen LogP contribution in [0.25, 0.3) is 0 Å². The van der Waals surface area contributed by atoms with Gasteiger partial charge in [0, 0.05) is 5.56 Å². The van der Waals surface area contributed by atoms with Crippen molar-refractivity contribution in [2.24, 2.45) is 0 Å². The predicted molar refractivity (Wildman–Crippen MR) is 78.5 cm³/mol. The Bertz CT molecular complexity index is 594. The number of nitrogens with zero attached hydrogens (tertiary/aromatic N) is 1. The van der Waals surface area contributed by atoms with Crippen LogP contribution >= 0.6 is 0 Å². The summed E-state index contributed by atoms with van der Waals surface area (Å²) < 4.78 is 13.2. The zero-order valence-corrected chi connectivity index (χ0v) is 12.7. The minimum atomic E-state index is -0.654. The first-order valence-corrected chi connectivity index (χ1v) is 6.55. The number of benzene rings is 1. The van der Waals surface area contributed by atoms with Crippen molar-refractivity contribution in [3.63, 3.8) is 0 Å². The van der Waals surface area contributed by atoms with Crippen LogP contribution in [0.3, 0.4) is 0 Å². The maximum absolute atomic E-state index is 13.2. The molecule has 0 spiro atoms. The van der Waals surface area contributed by atoms with Gasteiger partial charge in [0.15, 0.2) is 0 Å². The molecule has 0 radical (unpaired) electrons. The van der Waals surface area contributed by atoms with Crippen molar-refractivity contribution in [2.45, 2.75) is 39.7 Å². The van der Waals surface area contributed by atoms with Gasteiger partial charge >= 0.3 is 0 Å². The molecule has 0 atom stereocenters. The lowest BCUT2D eigenvalue weighted by Crippen LogP contribution is -2.55. The zero-order chi connectivity index (χ0) is 16.0. The Balaban J connectivity index is 3.00. The second kappa shape index (κ2) is 6.89. The van der Waals surface area contributed by atoms with Gasteiger partial charge in [-0.3, -0.25) is 15.0 Å². The summed E-state index contributed by atoms with van der Waals surface area (Å²) in [6.07, 6.45) is -0.000485. The van der Waals surface area contributed by atoms with Crippen molar-refractivity contribution >= 4 is 11.8 Å². The molecule has 1 N–H and O–H groups in total. The highest BCUT2D eigenvalue weighted by atomic mass is 19.1. The number of hydrogen-bond donors (Lipinski definition) is 1. The van der Waals surface area contributed by atoms with Gasteiger partial charge in [0.1, 0.15) is 5.82 Å². The first-order valence-electron chi connectivity index (χ1n) is 6.55. The van der Waals surface area contributed by atoms with Crippen LogP contribution in [0.5, 0.6) is 0 Å². The summed E-state index contributed by atoms with van der Waals surface area (Å²) in [5.41, 5.74) is 2.05. The average molecular weight is 290 g/mol. The summed E-state index contributed by atoms with van der Waals surface area (Å²) in [6, 6.07) is 5.35. The van der Waals surface area contributed by atoms with Gasteiger partial charge in [-0.2, -0.15) is 0 Å². The lowest BCUT2D eigenvalue weighted by molar-refractivity contribution is -0.125. The molecular weight excluding hydrogens is 271 g/mol. The molecule has 112 valence electrons. The van der Waals surface area contributed by atoms with Gasteiger partial charge in [-0.25, -0.2) is 9.40 Å². The van der Waals surface area contributed by atoms with Crippen molar-refractivity contribution in [2.75, 3.05) is 0 Å². The van der Waals surface area contributed by atoms with E-state index in [2.05, 4.69) is 17.3 Å². The number of hydrazine groups is 1. The Labute approximate surface area is 124 Å². The number of carbonyl (C=O) groups is 2. The molecule has 0 aromatic heterocycles. The van der Waals surface area contributed by atoms with Crippen molar-refractivity contribution in [3.05, 3.63) is 35.6 Å². The van der Waals surface area contributed by atoms with Crippen molar-refractivity contribution in [1.82, 2.24) is 10.4 Å². The molecule has 0 aliphatic heterocycles. The van der Waals surface area contributed by atoms with E-state index in [0.29, 0.717) is 0 Å². The van der Waals surface area contributed by atoms with Crippen molar-refractivity contribution < 1.29 is 14.0 Å². The highest BCUT2D eigenvalue weighted by molar-refractivity contribution is 5.96. The molecule has 0 saturated heterocycles. The summed E-state index contributed by atoms with van der Waals surface area (Å²) >= 11 is 0. The van der Waals surface area contributed by atoms with Crippen LogP contribution in [0, 0.1) is 17.7 Å². The fraction of sp³-hybridized carbons (Fsp3) is 0.375. The number of hydrogen-bond acceptors (Lipinski definition) is 2. The van der Waals surface area contributed by atoms with E-state index in [-0.39, 0.29) is 17.9 Å². The van der Waals surface area contributed by atoms with Gasteiger partial charge in [0.25, 0.3) is 11.8 Å². The SMILES string of the molecule is CC#CCC(=O)NN(C(=O)c1cccc(F)c1)C(C)(C)C. The average Bonchev–Trinajstić information content (AvgIpc) is 2.40. The summed E-state index contributed by atoms with van der Waals surface area (Å²) in [7, 11) is 0. The van der Waals surface area contributed by atoms with Crippen LogP contribution in [0.2, 0.25) is 0 Å². The summed E-state index contributed by atoms with van der Waals surface area (Å²) in [5.74, 6) is 3.89. The van der Waals surface area contributed by atoms with E-state index >= 15 is 0 Å². The van der Waals surface area contributed by atoms with Gasteiger partial charge in [-0.1, -0.05) is 12.0 Å². The molecule has 0 aliphatic rings. The van der Waals surface area contributed by atoms with E-state index in [0.717, 1.165) is 6.07 Å². The Morgan fingerprint density at radius 3 is 2.52 bits per heavy atom. The molecule has 1 aromatic rings. The number of amides is 2. The monoisotopic (exact) mass is 290 g/mol. The Hall–Kier alpha value is -2.35. The van der Waals surface area contributed by atoms with Crippen LogP contribution in [0.4, 0.5) is 4.39 Å². The van der Waals surface area contributed by atoms with Crippen molar-refractivity contribution in [1.29, 1.82) is 0 Å². The highest BCUT2D eigenvalue weighted by Crippen LogP contribution is 2.15. The number of nitrogens with one attached hydrogen (secondary N) is 1. The normalized spacial score (nSPS) is 10.3. The smallest absolute Gasteiger partial charge is 0.272 e. The first kappa shape index (κ1) is 16.7. The maximum atomic E-state index is 13.2. The molecule has 2 amide bonds. The summed E-state index contributed by atoms with van der Waals surface area (Å²) in [5, 5.41) is 1.20. The lowest BCUT2D eigenvalue weighted by atomic mass is 10.1. The van der Waals surface area contributed by atoms with Crippen LogP contribution in [-0.2, 0) is 4.79 Å². The molecule has 1 rings (SSSR count). The largest absolute Gasteiger partial charge is 0.272 e. The third kappa shape index (κ3) is 4.92. The van der Waals surface area contributed by atoms with Crippen molar-refractivity contribution in [3.8, 4) is 11.8 Å². The summed E-state index contributed by atoms with van der Waals surface area (Å²) in [4.78, 5) is 24.2. The van der Waals surface area contributed by atoms with E-state index in [1.54, 1.807) is 27.7 Å². The van der Waals surface area contributed by atoms with Gasteiger partial charge in [0.2, 0.25) is 0 Å². The standard InChI is InChI=1S/C16H19FN2O2/c1-5-6-10-14(20)18-19(16(2,3)4)15(21)12-8-7-9-13(17)11-12/h7-9,11H,10H2,1-4H3,(H,18,20). The second-order valence-corrected chi connectivity index (χ2v) is 5.46. The van der Waals surface area contributed by atoms with E-state index in [1.165, 1.54) is 23.2 Å². The molecular formula is C16H19FN2O2. The molecule has 1 aromatic carbocycles. The molecule has 5 heteroatoms. The summed E-state index contributed by atoms with van der Waals surface area (Å²) in [6.45, 7) is 6.95. The quantitative estimate of drug-likeness (QED) is 0.672. The van der Waals surface area contributed by atoms with E-state index in [1.807, 2.05) is 0 Å². The molecule has 21 heavy (non-hydrogen) atoms. The number of carbonyl (C=O) groups excluding carboxylic acids is 2. The van der Waals surface area contributed by atoms with E-state index < -0.39 is 17.3 Å². The molecule has 0 bridgehead atoms. The fourth-order valence-electron chi connectivity index (χ4n) is 1.61. The van der Waals surface area contributed by atoms with Gasteiger partial charge < -0.3 is 0 Å². The van der Waals surface area contributed by atoms with Crippen LogP contribution in [0.15, 0.2) is 24.3 Å². The van der Waals surface area contributed by atoms with Crippen LogP contribution in [-0.4, -0.2) is 22.4 Å². The maximum Gasteiger partial charge on any atom is 0.272 e. The Kier molecular flexibility index (Phi) is 5.48. The van der Waals surface area contributed by atoms with Crippen LogP contribution < -0.4 is 5.43 Å². The molecule has 0 saturated carbocycles. The lowest BCUT2D eigenvalue weighted by Gasteiger charge is -2.35. The Morgan fingerprint density at radius 1 is 1.33 bits per heavy atom. The molecule has 0 unspecified atom stereocenters. The highest BCUT2D eigenvalue weighted by Gasteiger charge is 2.29.